The molecule has 0 aromatic heterocycles. The fourth-order valence-electron chi connectivity index (χ4n) is 4.37. The van der Waals surface area contributed by atoms with E-state index in [-0.39, 0.29) is 30.1 Å². The predicted octanol–water partition coefficient (Wildman–Crippen LogP) is 2.84. The van der Waals surface area contributed by atoms with Crippen LogP contribution >= 0.6 is 24.0 Å². The lowest BCUT2D eigenvalue weighted by Gasteiger charge is -2.37. The molecule has 2 atom stereocenters. The van der Waals surface area contributed by atoms with Crippen LogP contribution in [0.4, 0.5) is 0 Å². The number of likely N-dealkylation sites (N-methyl/N-ethyl adjacent to an activating group) is 1. The van der Waals surface area contributed by atoms with E-state index in [2.05, 4.69) is 70.0 Å². The lowest BCUT2D eigenvalue weighted by molar-refractivity contribution is -0.00838. The van der Waals surface area contributed by atoms with E-state index in [0.29, 0.717) is 5.92 Å². The first-order chi connectivity index (χ1) is 14.1. The van der Waals surface area contributed by atoms with Crippen LogP contribution in [0, 0.1) is 12.8 Å². The summed E-state index contributed by atoms with van der Waals surface area (Å²) in [7, 11) is 1.88. The SMILES string of the molecule is CCN1CCN(CC(C)CNC(=NC)N2CCOC(c3ccccc3C)C2)CC1.I. The van der Waals surface area contributed by atoms with Crippen LogP contribution < -0.4 is 5.32 Å². The molecule has 7 heteroatoms. The molecule has 0 aliphatic carbocycles. The van der Waals surface area contributed by atoms with Crippen LogP contribution in [0.5, 0.6) is 0 Å². The zero-order chi connectivity index (χ0) is 20.6. The van der Waals surface area contributed by atoms with E-state index in [1.807, 2.05) is 7.05 Å². The second-order valence-electron chi connectivity index (χ2n) is 8.43. The maximum absolute atomic E-state index is 6.08. The standard InChI is InChI=1S/C23H39N5O.HI/c1-5-26-10-12-27(13-11-26)17-19(2)16-25-23(24-4)28-14-15-29-22(18-28)21-9-7-6-8-20(21)3;/h6-9,19,22H,5,10-18H2,1-4H3,(H,24,25);1H. The van der Waals surface area contributed by atoms with Crippen molar-refractivity contribution in [2.75, 3.05) is 72.6 Å². The number of piperazine rings is 1. The lowest BCUT2D eigenvalue weighted by Crippen LogP contribution is -2.50. The Morgan fingerprint density at radius 1 is 1.17 bits per heavy atom. The number of morpholine rings is 1. The Balaban J connectivity index is 0.00000320. The van der Waals surface area contributed by atoms with Gasteiger partial charge in [-0.2, -0.15) is 0 Å². The van der Waals surface area contributed by atoms with Gasteiger partial charge in [-0.3, -0.25) is 4.99 Å². The summed E-state index contributed by atoms with van der Waals surface area (Å²) in [4.78, 5) is 12.0. The van der Waals surface area contributed by atoms with Gasteiger partial charge in [-0.05, 0) is 30.5 Å². The highest BCUT2D eigenvalue weighted by Crippen LogP contribution is 2.25. The maximum Gasteiger partial charge on any atom is 0.193 e. The summed E-state index contributed by atoms with van der Waals surface area (Å²) in [6, 6.07) is 8.52. The van der Waals surface area contributed by atoms with Gasteiger partial charge in [0, 0.05) is 52.9 Å². The van der Waals surface area contributed by atoms with Crippen LogP contribution in [0.2, 0.25) is 0 Å². The molecule has 1 N–H and O–H groups in total. The predicted molar refractivity (Wildman–Crippen MR) is 136 cm³/mol. The van der Waals surface area contributed by atoms with Crippen LogP contribution in [-0.2, 0) is 4.74 Å². The fraction of sp³-hybridized carbons (Fsp3) is 0.696. The van der Waals surface area contributed by atoms with E-state index in [1.54, 1.807) is 0 Å². The normalized spacial score (nSPS) is 22.5. The summed E-state index contributed by atoms with van der Waals surface area (Å²) in [6.45, 7) is 17.3. The molecule has 30 heavy (non-hydrogen) atoms. The van der Waals surface area contributed by atoms with Gasteiger partial charge in [0.25, 0.3) is 0 Å². The Bertz CT molecular complexity index is 663. The van der Waals surface area contributed by atoms with Gasteiger partial charge in [0.05, 0.1) is 13.2 Å². The Kier molecular flexibility index (Phi) is 10.8. The molecule has 2 aliphatic rings. The van der Waals surface area contributed by atoms with Crippen LogP contribution in [0.15, 0.2) is 29.3 Å². The van der Waals surface area contributed by atoms with E-state index in [0.717, 1.165) is 38.7 Å². The number of nitrogens with one attached hydrogen (secondary N) is 1. The van der Waals surface area contributed by atoms with E-state index >= 15 is 0 Å². The number of ether oxygens (including phenoxy) is 1. The molecule has 0 amide bonds. The molecular formula is C23H40IN5O. The monoisotopic (exact) mass is 529 g/mol. The number of hydrogen-bond donors (Lipinski definition) is 1. The number of benzene rings is 1. The molecule has 1 aromatic carbocycles. The molecule has 3 rings (SSSR count). The Morgan fingerprint density at radius 3 is 2.53 bits per heavy atom. The molecular weight excluding hydrogens is 489 g/mol. The third kappa shape index (κ3) is 7.07. The van der Waals surface area contributed by atoms with E-state index in [1.165, 1.54) is 43.9 Å². The van der Waals surface area contributed by atoms with Gasteiger partial charge in [0.1, 0.15) is 6.10 Å². The van der Waals surface area contributed by atoms with Gasteiger partial charge in [0.15, 0.2) is 5.96 Å². The largest absolute Gasteiger partial charge is 0.370 e. The average Bonchev–Trinajstić information content (AvgIpc) is 2.75. The summed E-state index contributed by atoms with van der Waals surface area (Å²) in [5.41, 5.74) is 2.58. The lowest BCUT2D eigenvalue weighted by atomic mass is 10.0. The zero-order valence-electron chi connectivity index (χ0n) is 19.1. The van der Waals surface area contributed by atoms with Crippen molar-refractivity contribution in [3.63, 3.8) is 0 Å². The number of guanidine groups is 1. The fourth-order valence-corrected chi connectivity index (χ4v) is 4.37. The first-order valence-electron chi connectivity index (χ1n) is 11.2. The van der Waals surface area contributed by atoms with Crippen molar-refractivity contribution in [1.82, 2.24) is 20.0 Å². The molecule has 2 fully saturated rings. The number of hydrogen-bond acceptors (Lipinski definition) is 4. The second kappa shape index (κ2) is 12.8. The van der Waals surface area contributed by atoms with Crippen molar-refractivity contribution < 1.29 is 4.74 Å². The quantitative estimate of drug-likeness (QED) is 0.349. The van der Waals surface area contributed by atoms with Gasteiger partial charge in [0.2, 0.25) is 0 Å². The highest BCUT2D eigenvalue weighted by atomic mass is 127. The van der Waals surface area contributed by atoms with Gasteiger partial charge >= 0.3 is 0 Å². The minimum Gasteiger partial charge on any atom is -0.370 e. The molecule has 0 radical (unpaired) electrons. The zero-order valence-corrected chi connectivity index (χ0v) is 21.5. The van der Waals surface area contributed by atoms with Gasteiger partial charge in [-0.15, -0.1) is 24.0 Å². The smallest absolute Gasteiger partial charge is 0.193 e. The summed E-state index contributed by atoms with van der Waals surface area (Å²) in [5, 5.41) is 3.62. The third-order valence-electron chi connectivity index (χ3n) is 6.20. The molecule has 2 aliphatic heterocycles. The van der Waals surface area contributed by atoms with Crippen molar-refractivity contribution in [3.8, 4) is 0 Å². The summed E-state index contributed by atoms with van der Waals surface area (Å²) < 4.78 is 6.08. The molecule has 6 nitrogen and oxygen atoms in total. The van der Waals surface area contributed by atoms with Gasteiger partial charge in [-0.1, -0.05) is 38.1 Å². The third-order valence-corrected chi connectivity index (χ3v) is 6.20. The maximum atomic E-state index is 6.08. The van der Waals surface area contributed by atoms with Crippen molar-refractivity contribution in [2.24, 2.45) is 10.9 Å². The molecule has 0 saturated carbocycles. The number of nitrogens with zero attached hydrogens (tertiary/aromatic N) is 4. The van der Waals surface area contributed by atoms with Crippen molar-refractivity contribution in [3.05, 3.63) is 35.4 Å². The number of aliphatic imine (C=N–C) groups is 1. The molecule has 0 bridgehead atoms. The van der Waals surface area contributed by atoms with E-state index in [9.17, 15) is 0 Å². The molecule has 2 saturated heterocycles. The van der Waals surface area contributed by atoms with Crippen LogP contribution in [0.1, 0.15) is 31.1 Å². The summed E-state index contributed by atoms with van der Waals surface area (Å²) >= 11 is 0. The summed E-state index contributed by atoms with van der Waals surface area (Å²) in [6.07, 6.45) is 0.107. The van der Waals surface area contributed by atoms with Crippen LogP contribution in [0.25, 0.3) is 0 Å². The van der Waals surface area contributed by atoms with Crippen molar-refractivity contribution in [2.45, 2.75) is 26.9 Å². The Labute approximate surface area is 200 Å². The Morgan fingerprint density at radius 2 is 1.87 bits per heavy atom. The first-order valence-corrected chi connectivity index (χ1v) is 11.2. The number of halogens is 1. The number of rotatable bonds is 6. The summed E-state index contributed by atoms with van der Waals surface area (Å²) in [5.74, 6) is 1.59. The minimum absolute atomic E-state index is 0. The molecule has 170 valence electrons. The number of aryl methyl sites for hydroxylation is 1. The Hall–Kier alpha value is -0.900. The molecule has 1 aromatic rings. The van der Waals surface area contributed by atoms with Crippen LogP contribution in [-0.4, -0.2) is 93.2 Å². The van der Waals surface area contributed by atoms with Gasteiger partial charge in [-0.25, -0.2) is 0 Å². The molecule has 0 spiro atoms. The molecule has 2 unspecified atom stereocenters. The van der Waals surface area contributed by atoms with Crippen molar-refractivity contribution in [1.29, 1.82) is 0 Å². The van der Waals surface area contributed by atoms with E-state index in [4.69, 9.17) is 4.74 Å². The second-order valence-corrected chi connectivity index (χ2v) is 8.43. The minimum atomic E-state index is 0. The first kappa shape index (κ1) is 25.4. The average molecular weight is 530 g/mol. The van der Waals surface area contributed by atoms with Crippen molar-refractivity contribution >= 4 is 29.9 Å². The van der Waals surface area contributed by atoms with Gasteiger partial charge < -0.3 is 24.8 Å². The highest BCUT2D eigenvalue weighted by Gasteiger charge is 2.25. The topological polar surface area (TPSA) is 43.3 Å². The highest BCUT2D eigenvalue weighted by molar-refractivity contribution is 14.0. The molecule has 2 heterocycles. The van der Waals surface area contributed by atoms with E-state index < -0.39 is 0 Å². The van der Waals surface area contributed by atoms with Crippen LogP contribution in [0.3, 0.4) is 0 Å².